The predicted octanol–water partition coefficient (Wildman–Crippen LogP) is 7.95. The van der Waals surface area contributed by atoms with E-state index in [1.54, 1.807) is 54.6 Å². The van der Waals surface area contributed by atoms with Gasteiger partial charge in [0.2, 0.25) is 47.3 Å². The van der Waals surface area contributed by atoms with Gasteiger partial charge in [0, 0.05) is 36.1 Å². The molecule has 8 rings (SSSR count). The molecule has 1 fully saturated rings. The van der Waals surface area contributed by atoms with Gasteiger partial charge in [0.1, 0.15) is 51.8 Å². The van der Waals surface area contributed by atoms with E-state index in [2.05, 4.69) is 58.5 Å². The summed E-state index contributed by atoms with van der Waals surface area (Å²) in [7, 11) is 3.75. The maximum Gasteiger partial charge on any atom is 0.268 e. The van der Waals surface area contributed by atoms with E-state index >= 15 is 0 Å². The Morgan fingerprint density at radius 1 is 0.480 bits per heavy atom. The van der Waals surface area contributed by atoms with Crippen LogP contribution < -0.4 is 58.5 Å². The number of rotatable bonds is 30. The quantitative estimate of drug-likeness (QED) is 0.0116. The molecular weight excluding hydrogens is 1310 g/mol. The Balaban J connectivity index is 0.938. The maximum absolute atomic E-state index is 14.7. The van der Waals surface area contributed by atoms with Gasteiger partial charge >= 0.3 is 0 Å². The summed E-state index contributed by atoms with van der Waals surface area (Å²) in [5.74, 6) is -6.81. The molecule has 1 aliphatic carbocycles. The largest absolute Gasteiger partial charge is 0.352 e. The average Bonchev–Trinajstić information content (AvgIpc) is 1.01. The first-order valence-electron chi connectivity index (χ1n) is 33.2. The zero-order chi connectivity index (χ0) is 72.3. The highest BCUT2D eigenvalue weighted by molar-refractivity contribution is 8.77. The Morgan fingerprint density at radius 3 is 1.27 bits per heavy atom. The second-order valence-corrected chi connectivity index (χ2v) is 29.0. The lowest BCUT2D eigenvalue weighted by Gasteiger charge is -2.29. The van der Waals surface area contributed by atoms with E-state index in [4.69, 9.17) is 0 Å². The van der Waals surface area contributed by atoms with Crippen molar-refractivity contribution in [2.24, 2.45) is 0 Å². The van der Waals surface area contributed by atoms with Gasteiger partial charge in [-0.3, -0.25) is 52.7 Å². The first-order valence-corrected chi connectivity index (χ1v) is 35.6. The standard InChI is InChI=1S/C76H87N11O11S2/c1-46(79-63(88)38-19-15-34-56-39-42-99-100-56)64(89)82-61(44-54-32-21-29-50-24-13-17-36-58(50)54)69(94)86-75(6,7)72(97)81-48(3)66(91)84-62(45-55-33-22-30-51-25-14-18-37-59(51)55)70(95)87-76(8,9)73(98)80-47(2)65(90)83-60(43-53-31-20-28-49-23-12-16-35-57(49)53)68(93)85-74(4,5)71(96)78-41-40-77-67(92)52-26-10-11-27-52/h10-14,16-18,20-26,28-33,35-37,43-48,56H,15,19,27,34,38-42H2,1-9H3,(H,77,92)(H,78,96)(H,79,88)(H,80,98)(H,81,97)(H,82,89)(H,83,90)(H,84,91)(H,85,93)(H,86,94)(H,87,95)/b60-43-,61-44+,62-45-/t46-,47-,48-,56?/m0/s1. The van der Waals surface area contributed by atoms with E-state index in [1.807, 2.05) is 113 Å². The molecule has 1 aliphatic heterocycles. The molecule has 6 aromatic carbocycles. The van der Waals surface area contributed by atoms with Gasteiger partial charge in [0.05, 0.1) is 0 Å². The molecule has 0 aromatic heterocycles. The van der Waals surface area contributed by atoms with E-state index in [-0.39, 0.29) is 48.4 Å². The molecule has 6 aromatic rings. The summed E-state index contributed by atoms with van der Waals surface area (Å²) in [6.45, 7) is 12.9. The molecule has 22 nitrogen and oxygen atoms in total. The van der Waals surface area contributed by atoms with Crippen LogP contribution in [0.25, 0.3) is 50.5 Å². The van der Waals surface area contributed by atoms with Crippen LogP contribution in [0, 0.1) is 0 Å². The van der Waals surface area contributed by atoms with Crippen LogP contribution in [0.4, 0.5) is 0 Å². The van der Waals surface area contributed by atoms with Crippen LogP contribution in [0.5, 0.6) is 0 Å². The van der Waals surface area contributed by atoms with Crippen LogP contribution in [0.2, 0.25) is 0 Å². The zero-order valence-electron chi connectivity index (χ0n) is 57.6. The van der Waals surface area contributed by atoms with Crippen molar-refractivity contribution in [2.45, 2.75) is 141 Å². The summed E-state index contributed by atoms with van der Waals surface area (Å²) < 4.78 is 0. The van der Waals surface area contributed by atoms with E-state index in [0.29, 0.717) is 45.7 Å². The van der Waals surface area contributed by atoms with Crippen molar-refractivity contribution in [1.82, 2.24) is 58.5 Å². The van der Waals surface area contributed by atoms with Gasteiger partial charge < -0.3 is 58.5 Å². The summed E-state index contributed by atoms with van der Waals surface area (Å²) in [5, 5.41) is 34.7. The zero-order valence-corrected chi connectivity index (χ0v) is 59.2. The fourth-order valence-corrected chi connectivity index (χ4v) is 13.8. The molecule has 524 valence electrons. The van der Waals surface area contributed by atoms with Crippen LogP contribution in [-0.4, -0.2) is 124 Å². The highest BCUT2D eigenvalue weighted by Crippen LogP contribution is 2.40. The fraction of sp³-hybridized carbons (Fsp3) is 0.329. The minimum Gasteiger partial charge on any atom is -0.352 e. The van der Waals surface area contributed by atoms with E-state index in [1.165, 1.54) is 80.5 Å². The van der Waals surface area contributed by atoms with E-state index < -0.39 is 87.9 Å². The number of fused-ring (bicyclic) bond motifs is 3. The van der Waals surface area contributed by atoms with Gasteiger partial charge in [-0.1, -0.05) is 174 Å². The average molecular weight is 1390 g/mol. The second-order valence-electron chi connectivity index (χ2n) is 26.2. The van der Waals surface area contributed by atoms with Gasteiger partial charge in [-0.15, -0.1) is 0 Å². The molecule has 1 unspecified atom stereocenters. The number of benzene rings is 6. The maximum atomic E-state index is 14.7. The third-order valence-corrected chi connectivity index (χ3v) is 19.8. The van der Waals surface area contributed by atoms with Crippen molar-refractivity contribution in [2.75, 3.05) is 18.8 Å². The number of nitrogens with one attached hydrogen (secondary N) is 11. The number of carbonyl (C=O) groups excluding carboxylic acids is 11. The summed E-state index contributed by atoms with van der Waals surface area (Å²) >= 11 is 0. The topological polar surface area (TPSA) is 320 Å². The lowest BCUT2D eigenvalue weighted by molar-refractivity contribution is -0.135. The van der Waals surface area contributed by atoms with Gasteiger partial charge in [-0.2, -0.15) is 0 Å². The molecule has 0 saturated carbocycles. The molecule has 11 amide bonds. The number of carbonyl (C=O) groups is 11. The Morgan fingerprint density at radius 2 is 0.870 bits per heavy atom. The van der Waals surface area contributed by atoms with E-state index in [9.17, 15) is 52.7 Å². The molecule has 0 bridgehead atoms. The van der Waals surface area contributed by atoms with Crippen molar-refractivity contribution in [3.8, 4) is 0 Å². The number of hydrogen-bond donors (Lipinski definition) is 11. The Hall–Kier alpha value is -10.3. The van der Waals surface area contributed by atoms with Crippen LogP contribution in [0.15, 0.2) is 168 Å². The van der Waals surface area contributed by atoms with Crippen molar-refractivity contribution >= 4 is 137 Å². The molecule has 1 saturated heterocycles. The summed E-state index contributed by atoms with van der Waals surface area (Å²) in [6, 6.07) is 34.5. The SMILES string of the molecule is C[C@H](NC(=O)CCCCC1CCSS1)C(=O)N/C(=C/c1cccc2ccccc12)C(=O)NC(C)(C)C(=O)N[C@@H](C)C(=O)N/C(=C\c1cccc2ccccc12)C(=O)NC(C)(C)C(=O)N[C@@H](C)C(=O)N/C(=C\c1cccc2ccccc12)C(=O)NC(C)(C)C(=O)NCCNC(=O)C1=CC=CC1. The molecule has 0 spiro atoms. The molecule has 1 heterocycles. The Kier molecular flexibility index (Phi) is 26.0. The summed E-state index contributed by atoms with van der Waals surface area (Å²) in [4.78, 5) is 153. The lowest BCUT2D eigenvalue weighted by atomic mass is 10.0. The smallest absolute Gasteiger partial charge is 0.268 e. The third kappa shape index (κ3) is 20.9. The monoisotopic (exact) mass is 1390 g/mol. The van der Waals surface area contributed by atoms with Gasteiger partial charge in [-0.05, 0) is 155 Å². The van der Waals surface area contributed by atoms with Crippen molar-refractivity contribution in [3.05, 3.63) is 185 Å². The highest BCUT2D eigenvalue weighted by Gasteiger charge is 2.37. The van der Waals surface area contributed by atoms with Crippen LogP contribution in [-0.2, 0) is 52.7 Å². The first kappa shape index (κ1) is 75.4. The van der Waals surface area contributed by atoms with Crippen molar-refractivity contribution in [3.63, 3.8) is 0 Å². The molecule has 4 atom stereocenters. The van der Waals surface area contributed by atoms with Crippen LogP contribution in [0.3, 0.4) is 0 Å². The summed E-state index contributed by atoms with van der Waals surface area (Å²) in [5.41, 5.74) is -3.80. The predicted molar refractivity (Wildman–Crippen MR) is 394 cm³/mol. The molecule has 2 aliphatic rings. The van der Waals surface area contributed by atoms with Crippen LogP contribution in [0.1, 0.15) is 118 Å². The molecule has 0 radical (unpaired) electrons. The first-order chi connectivity index (χ1) is 47.6. The third-order valence-electron chi connectivity index (χ3n) is 16.8. The molecule has 11 N–H and O–H groups in total. The van der Waals surface area contributed by atoms with Gasteiger partial charge in [0.25, 0.3) is 17.7 Å². The van der Waals surface area contributed by atoms with Crippen LogP contribution >= 0.6 is 21.6 Å². The fourth-order valence-electron chi connectivity index (χ4n) is 10.8. The number of hydrogen-bond acceptors (Lipinski definition) is 13. The number of amides is 11. The minimum atomic E-state index is -1.82. The lowest BCUT2D eigenvalue weighted by Crippen LogP contribution is -2.60. The van der Waals surface area contributed by atoms with Crippen molar-refractivity contribution in [1.29, 1.82) is 0 Å². The molecule has 100 heavy (non-hydrogen) atoms. The number of allylic oxidation sites excluding steroid dienone is 3. The molecule has 24 heteroatoms. The van der Waals surface area contributed by atoms with E-state index in [0.717, 1.165) is 51.9 Å². The number of unbranched alkanes of at least 4 members (excludes halogenated alkanes) is 1. The Bertz CT molecular complexity index is 4290. The minimum absolute atomic E-state index is 0.0521. The molecular formula is C76H87N11O11S2. The summed E-state index contributed by atoms with van der Waals surface area (Å²) in [6.07, 6.45) is 14.1. The second kappa shape index (κ2) is 34.4. The normalized spacial score (nSPS) is 15.1. The highest BCUT2D eigenvalue weighted by atomic mass is 33.1. The Labute approximate surface area is 589 Å². The van der Waals surface area contributed by atoms with Gasteiger partial charge in [0.15, 0.2) is 0 Å². The van der Waals surface area contributed by atoms with Gasteiger partial charge in [-0.25, -0.2) is 0 Å². The van der Waals surface area contributed by atoms with Crippen molar-refractivity contribution < 1.29 is 52.7 Å².